The maximum absolute atomic E-state index is 12.7. The summed E-state index contributed by atoms with van der Waals surface area (Å²) in [6.45, 7) is 0. The highest BCUT2D eigenvalue weighted by Gasteiger charge is 2.51. The van der Waals surface area contributed by atoms with E-state index in [2.05, 4.69) is 10.6 Å². The van der Waals surface area contributed by atoms with Crippen LogP contribution in [-0.2, 0) is 10.2 Å². The summed E-state index contributed by atoms with van der Waals surface area (Å²) in [5.74, 6) is 0.0856. The Bertz CT molecular complexity index is 854. The van der Waals surface area contributed by atoms with Gasteiger partial charge in [0.15, 0.2) is 0 Å². The fourth-order valence-electron chi connectivity index (χ4n) is 3.10. The molecule has 0 saturated heterocycles. The van der Waals surface area contributed by atoms with Crippen LogP contribution in [0.2, 0.25) is 0 Å². The summed E-state index contributed by atoms with van der Waals surface area (Å²) >= 11 is 0. The van der Waals surface area contributed by atoms with E-state index in [-0.39, 0.29) is 11.3 Å². The molecule has 0 bridgehead atoms. The van der Waals surface area contributed by atoms with Gasteiger partial charge >= 0.3 is 0 Å². The first-order valence-electron chi connectivity index (χ1n) is 8.55. The second-order valence-corrected chi connectivity index (χ2v) is 6.47. The van der Waals surface area contributed by atoms with Crippen molar-refractivity contribution in [1.29, 1.82) is 0 Å². The van der Waals surface area contributed by atoms with Crippen LogP contribution in [0.15, 0.2) is 84.9 Å². The van der Waals surface area contributed by atoms with E-state index in [9.17, 15) is 4.79 Å². The highest BCUT2D eigenvalue weighted by molar-refractivity contribution is 6.01. The number of para-hydroxylation sites is 1. The van der Waals surface area contributed by atoms with Crippen molar-refractivity contribution in [2.24, 2.45) is 0 Å². The molecule has 0 atom stereocenters. The predicted molar refractivity (Wildman–Crippen MR) is 102 cm³/mol. The van der Waals surface area contributed by atoms with Crippen molar-refractivity contribution >= 4 is 23.0 Å². The van der Waals surface area contributed by atoms with Gasteiger partial charge in [-0.1, -0.05) is 48.5 Å². The van der Waals surface area contributed by atoms with E-state index >= 15 is 0 Å². The van der Waals surface area contributed by atoms with Crippen LogP contribution in [0.25, 0.3) is 0 Å². The summed E-state index contributed by atoms with van der Waals surface area (Å²) < 4.78 is 0. The maximum atomic E-state index is 12.7. The Balaban J connectivity index is 1.44. The zero-order valence-electron chi connectivity index (χ0n) is 13.9. The summed E-state index contributed by atoms with van der Waals surface area (Å²) in [4.78, 5) is 12.7. The molecule has 3 aromatic rings. The molecule has 3 heteroatoms. The van der Waals surface area contributed by atoms with Crippen LogP contribution in [0.5, 0.6) is 0 Å². The Morgan fingerprint density at radius 3 is 1.80 bits per heavy atom. The van der Waals surface area contributed by atoms with Gasteiger partial charge in [-0.25, -0.2) is 0 Å². The van der Waals surface area contributed by atoms with Crippen LogP contribution in [0.4, 0.5) is 17.1 Å². The zero-order chi connectivity index (χ0) is 17.1. The third-order valence-corrected chi connectivity index (χ3v) is 4.72. The number of carbonyl (C=O) groups is 1. The standard InChI is InChI=1S/C22H20N2O/c25-21(22(15-16-22)17-7-3-1-4-8-17)24-20-13-11-19(12-14-20)23-18-9-5-2-6-10-18/h1-14,23H,15-16H2,(H,24,25). The van der Waals surface area contributed by atoms with E-state index in [1.165, 1.54) is 0 Å². The molecule has 0 spiro atoms. The molecule has 0 aromatic heterocycles. The molecule has 4 rings (SSSR count). The SMILES string of the molecule is O=C(Nc1ccc(Nc2ccccc2)cc1)C1(c2ccccc2)CC1. The maximum Gasteiger partial charge on any atom is 0.235 e. The number of rotatable bonds is 5. The smallest absolute Gasteiger partial charge is 0.235 e. The second kappa shape index (κ2) is 6.44. The summed E-state index contributed by atoms with van der Waals surface area (Å²) in [7, 11) is 0. The van der Waals surface area contributed by atoms with Gasteiger partial charge in [0.2, 0.25) is 5.91 Å². The van der Waals surface area contributed by atoms with Gasteiger partial charge in [0.1, 0.15) is 0 Å². The van der Waals surface area contributed by atoms with Crippen LogP contribution in [-0.4, -0.2) is 5.91 Å². The van der Waals surface area contributed by atoms with Crippen molar-refractivity contribution in [2.75, 3.05) is 10.6 Å². The van der Waals surface area contributed by atoms with Gasteiger partial charge in [-0.2, -0.15) is 0 Å². The molecule has 0 unspecified atom stereocenters. The topological polar surface area (TPSA) is 41.1 Å². The number of hydrogen-bond acceptors (Lipinski definition) is 2. The van der Waals surface area contributed by atoms with Crippen LogP contribution in [0, 0.1) is 0 Å². The minimum atomic E-state index is -0.345. The van der Waals surface area contributed by atoms with Gasteiger partial charge in [0, 0.05) is 17.1 Å². The Labute approximate surface area is 147 Å². The highest BCUT2D eigenvalue weighted by Crippen LogP contribution is 2.48. The molecule has 1 saturated carbocycles. The lowest BCUT2D eigenvalue weighted by Crippen LogP contribution is -2.27. The van der Waals surface area contributed by atoms with Gasteiger partial charge in [0.25, 0.3) is 0 Å². The molecule has 3 aromatic carbocycles. The van der Waals surface area contributed by atoms with Crippen molar-refractivity contribution in [1.82, 2.24) is 0 Å². The second-order valence-electron chi connectivity index (χ2n) is 6.47. The Hall–Kier alpha value is -3.07. The Morgan fingerprint density at radius 1 is 0.680 bits per heavy atom. The van der Waals surface area contributed by atoms with Crippen molar-refractivity contribution in [3.8, 4) is 0 Å². The largest absolute Gasteiger partial charge is 0.356 e. The number of amides is 1. The van der Waals surface area contributed by atoms with Crippen LogP contribution >= 0.6 is 0 Å². The fourth-order valence-corrected chi connectivity index (χ4v) is 3.10. The van der Waals surface area contributed by atoms with Crippen molar-refractivity contribution in [2.45, 2.75) is 18.3 Å². The first-order valence-corrected chi connectivity index (χ1v) is 8.55. The predicted octanol–water partition coefficient (Wildman–Crippen LogP) is 5.10. The third-order valence-electron chi connectivity index (χ3n) is 4.72. The van der Waals surface area contributed by atoms with Gasteiger partial charge in [-0.15, -0.1) is 0 Å². The lowest BCUT2D eigenvalue weighted by molar-refractivity contribution is -0.118. The number of benzene rings is 3. The molecular weight excluding hydrogens is 308 g/mol. The van der Waals surface area contributed by atoms with E-state index in [0.29, 0.717) is 0 Å². The average Bonchev–Trinajstić information content (AvgIpc) is 3.47. The molecule has 1 fully saturated rings. The lowest BCUT2D eigenvalue weighted by Gasteiger charge is -2.16. The van der Waals surface area contributed by atoms with E-state index in [4.69, 9.17) is 0 Å². The van der Waals surface area contributed by atoms with Gasteiger partial charge in [-0.05, 0) is 54.8 Å². The highest BCUT2D eigenvalue weighted by atomic mass is 16.2. The van der Waals surface area contributed by atoms with Crippen molar-refractivity contribution in [3.63, 3.8) is 0 Å². The molecule has 3 nitrogen and oxygen atoms in total. The molecule has 25 heavy (non-hydrogen) atoms. The van der Waals surface area contributed by atoms with E-state index in [1.54, 1.807) is 0 Å². The molecule has 0 radical (unpaired) electrons. The lowest BCUT2D eigenvalue weighted by atomic mass is 9.95. The van der Waals surface area contributed by atoms with Crippen LogP contribution in [0.1, 0.15) is 18.4 Å². The zero-order valence-corrected chi connectivity index (χ0v) is 13.9. The quantitative estimate of drug-likeness (QED) is 0.684. The van der Waals surface area contributed by atoms with Crippen LogP contribution in [0.3, 0.4) is 0 Å². The molecule has 1 amide bonds. The first kappa shape index (κ1) is 15.5. The molecule has 0 aliphatic heterocycles. The Morgan fingerprint density at radius 2 is 1.20 bits per heavy atom. The number of carbonyl (C=O) groups excluding carboxylic acids is 1. The van der Waals surface area contributed by atoms with Gasteiger partial charge in [0.05, 0.1) is 5.41 Å². The Kier molecular flexibility index (Phi) is 3.98. The summed E-state index contributed by atoms with van der Waals surface area (Å²) in [5.41, 5.74) is 3.62. The fraction of sp³-hybridized carbons (Fsp3) is 0.136. The van der Waals surface area contributed by atoms with Gasteiger partial charge in [-0.3, -0.25) is 4.79 Å². The van der Waals surface area contributed by atoms with Crippen molar-refractivity contribution < 1.29 is 4.79 Å². The number of nitrogens with one attached hydrogen (secondary N) is 2. The molecular formula is C22H20N2O. The minimum absolute atomic E-state index is 0.0856. The van der Waals surface area contributed by atoms with Gasteiger partial charge < -0.3 is 10.6 Å². The molecule has 1 aliphatic rings. The number of hydrogen-bond donors (Lipinski definition) is 2. The normalized spacial score (nSPS) is 14.6. The van der Waals surface area contributed by atoms with E-state index in [0.717, 1.165) is 35.5 Å². The number of anilines is 3. The van der Waals surface area contributed by atoms with Crippen LogP contribution < -0.4 is 10.6 Å². The first-order chi connectivity index (χ1) is 12.3. The minimum Gasteiger partial charge on any atom is -0.356 e. The average molecular weight is 328 g/mol. The van der Waals surface area contributed by atoms with E-state index in [1.807, 2.05) is 84.9 Å². The molecule has 2 N–H and O–H groups in total. The summed E-state index contributed by atoms with van der Waals surface area (Å²) in [6.07, 6.45) is 1.83. The molecule has 1 aliphatic carbocycles. The third kappa shape index (κ3) is 3.26. The van der Waals surface area contributed by atoms with Crippen molar-refractivity contribution in [3.05, 3.63) is 90.5 Å². The molecule has 124 valence electrons. The summed E-state index contributed by atoms with van der Waals surface area (Å²) in [5, 5.41) is 6.41. The monoisotopic (exact) mass is 328 g/mol. The molecule has 0 heterocycles. The summed E-state index contributed by atoms with van der Waals surface area (Å²) in [6, 6.07) is 27.9. The van der Waals surface area contributed by atoms with E-state index < -0.39 is 0 Å².